The van der Waals surface area contributed by atoms with Gasteiger partial charge in [0.2, 0.25) is 0 Å². The van der Waals surface area contributed by atoms with Gasteiger partial charge in [0, 0.05) is 0 Å². The van der Waals surface area contributed by atoms with E-state index in [2.05, 4.69) is 28.9 Å². The Bertz CT molecular complexity index is 450. The summed E-state index contributed by atoms with van der Waals surface area (Å²) in [5.41, 5.74) is 6.78. The quantitative estimate of drug-likeness (QED) is 0.882. The van der Waals surface area contributed by atoms with Crippen molar-refractivity contribution in [1.82, 2.24) is 0 Å². The van der Waals surface area contributed by atoms with E-state index < -0.39 is 0 Å². The first-order valence-corrected chi connectivity index (χ1v) is 8.16. The van der Waals surface area contributed by atoms with Gasteiger partial charge in [-0.25, -0.2) is 0 Å². The van der Waals surface area contributed by atoms with E-state index in [9.17, 15) is 0 Å². The van der Waals surface area contributed by atoms with Gasteiger partial charge < -0.3 is 15.2 Å². The van der Waals surface area contributed by atoms with Crippen molar-refractivity contribution in [2.75, 3.05) is 13.7 Å². The maximum absolute atomic E-state index is 6.21. The Morgan fingerprint density at radius 2 is 2.15 bits per heavy atom. The third-order valence-electron chi connectivity index (χ3n) is 3.90. The normalized spacial score (nSPS) is 22.6. The van der Waals surface area contributed by atoms with Crippen LogP contribution in [0.5, 0.6) is 11.5 Å². The van der Waals surface area contributed by atoms with Gasteiger partial charge in [0.05, 0.1) is 17.7 Å². The molecule has 20 heavy (non-hydrogen) atoms. The fourth-order valence-corrected chi connectivity index (χ4v) is 3.43. The molecule has 112 valence electrons. The minimum absolute atomic E-state index is 0.296. The summed E-state index contributed by atoms with van der Waals surface area (Å²) in [4.78, 5) is 0. The summed E-state index contributed by atoms with van der Waals surface area (Å²) in [6.07, 6.45) is 5.95. The molecule has 1 aliphatic rings. The number of methoxy groups -OCH3 is 1. The molecule has 0 aliphatic heterocycles. The van der Waals surface area contributed by atoms with Gasteiger partial charge in [-0.15, -0.1) is 0 Å². The molecule has 0 saturated heterocycles. The van der Waals surface area contributed by atoms with Crippen LogP contribution in [0.2, 0.25) is 0 Å². The van der Waals surface area contributed by atoms with Crippen LogP contribution in [0.4, 0.5) is 0 Å². The molecular formula is C16H24BrNO2. The van der Waals surface area contributed by atoms with Crippen LogP contribution >= 0.6 is 15.9 Å². The van der Waals surface area contributed by atoms with E-state index in [0.717, 1.165) is 41.2 Å². The molecule has 2 unspecified atom stereocenters. The highest BCUT2D eigenvalue weighted by atomic mass is 79.9. The van der Waals surface area contributed by atoms with Gasteiger partial charge in [0.15, 0.2) is 11.5 Å². The highest BCUT2D eigenvalue weighted by Gasteiger charge is 2.23. The zero-order chi connectivity index (χ0) is 14.5. The lowest BCUT2D eigenvalue weighted by Crippen LogP contribution is -2.24. The van der Waals surface area contributed by atoms with Gasteiger partial charge in [-0.3, -0.25) is 0 Å². The van der Waals surface area contributed by atoms with E-state index in [1.807, 2.05) is 6.07 Å². The van der Waals surface area contributed by atoms with Crippen LogP contribution in [0.3, 0.4) is 0 Å². The Hall–Kier alpha value is -0.740. The molecule has 2 N–H and O–H groups in total. The number of nitrogens with two attached hydrogens (primary N) is 1. The zero-order valence-electron chi connectivity index (χ0n) is 12.3. The van der Waals surface area contributed by atoms with Crippen molar-refractivity contribution in [2.45, 2.75) is 45.1 Å². The van der Waals surface area contributed by atoms with E-state index in [1.165, 1.54) is 18.4 Å². The lowest BCUT2D eigenvalue weighted by Gasteiger charge is -2.28. The van der Waals surface area contributed by atoms with Gasteiger partial charge in [0.25, 0.3) is 0 Å². The van der Waals surface area contributed by atoms with Gasteiger partial charge in [-0.2, -0.15) is 0 Å². The van der Waals surface area contributed by atoms with Crippen molar-refractivity contribution in [1.29, 1.82) is 0 Å². The van der Waals surface area contributed by atoms with Gasteiger partial charge >= 0.3 is 0 Å². The van der Waals surface area contributed by atoms with Crippen molar-refractivity contribution in [2.24, 2.45) is 11.7 Å². The molecule has 0 amide bonds. The molecule has 1 fully saturated rings. The summed E-state index contributed by atoms with van der Waals surface area (Å²) < 4.78 is 12.7. The summed E-state index contributed by atoms with van der Waals surface area (Å²) in [6, 6.07) is 4.11. The molecule has 4 heteroatoms. The first-order valence-electron chi connectivity index (χ1n) is 7.37. The van der Waals surface area contributed by atoms with E-state index >= 15 is 0 Å². The van der Waals surface area contributed by atoms with Crippen molar-refractivity contribution in [3.05, 3.63) is 22.2 Å². The van der Waals surface area contributed by atoms with E-state index in [4.69, 9.17) is 15.2 Å². The third-order valence-corrected chi connectivity index (χ3v) is 4.48. The number of rotatable bonds is 5. The van der Waals surface area contributed by atoms with Crippen molar-refractivity contribution in [3.8, 4) is 11.5 Å². The third kappa shape index (κ3) is 3.89. The largest absolute Gasteiger partial charge is 0.493 e. The fraction of sp³-hybridized carbons (Fsp3) is 0.625. The van der Waals surface area contributed by atoms with Crippen LogP contribution in [0.1, 0.15) is 38.2 Å². The van der Waals surface area contributed by atoms with Crippen LogP contribution in [0, 0.1) is 5.92 Å². The van der Waals surface area contributed by atoms with E-state index in [-0.39, 0.29) is 0 Å². The minimum atomic E-state index is 0.296. The predicted octanol–water partition coefficient (Wildman–Crippen LogP) is 3.92. The number of halogens is 1. The molecule has 1 aromatic rings. The Labute approximate surface area is 130 Å². The van der Waals surface area contributed by atoms with Gasteiger partial charge in [-0.1, -0.05) is 13.3 Å². The lowest BCUT2D eigenvalue weighted by atomic mass is 9.89. The summed E-state index contributed by atoms with van der Waals surface area (Å²) >= 11 is 3.60. The fourth-order valence-electron chi connectivity index (χ4n) is 2.85. The summed E-state index contributed by atoms with van der Waals surface area (Å²) in [5.74, 6) is 2.36. The average molecular weight is 342 g/mol. The predicted molar refractivity (Wildman–Crippen MR) is 85.5 cm³/mol. The molecule has 2 rings (SSSR count). The smallest absolute Gasteiger partial charge is 0.175 e. The molecule has 0 bridgehead atoms. The highest BCUT2D eigenvalue weighted by Crippen LogP contribution is 2.39. The molecule has 2 atom stereocenters. The van der Waals surface area contributed by atoms with E-state index in [0.29, 0.717) is 12.6 Å². The Balaban J connectivity index is 2.17. The lowest BCUT2D eigenvalue weighted by molar-refractivity contribution is 0.124. The van der Waals surface area contributed by atoms with Crippen LogP contribution in [0.15, 0.2) is 16.6 Å². The number of hydrogen-bond donors (Lipinski definition) is 1. The second-order valence-corrected chi connectivity index (χ2v) is 6.51. The minimum Gasteiger partial charge on any atom is -0.493 e. The van der Waals surface area contributed by atoms with Crippen LogP contribution in [0.25, 0.3) is 0 Å². The SMILES string of the molecule is COc1cc(CCN)cc(Br)c1OC1CCCC(C)C1. The van der Waals surface area contributed by atoms with Crippen LogP contribution in [-0.4, -0.2) is 19.8 Å². The maximum Gasteiger partial charge on any atom is 0.175 e. The van der Waals surface area contributed by atoms with Gasteiger partial charge in [-0.05, 0) is 71.8 Å². The standard InChI is InChI=1S/C16H24BrNO2/c1-11-4-3-5-13(8-11)20-16-14(17)9-12(6-7-18)10-15(16)19-2/h9-11,13H,3-8,18H2,1-2H3. The first-order chi connectivity index (χ1) is 9.63. The molecule has 0 aromatic heterocycles. The Morgan fingerprint density at radius 1 is 1.35 bits per heavy atom. The Kier molecular flexibility index (Phi) is 5.73. The number of ether oxygens (including phenoxy) is 2. The van der Waals surface area contributed by atoms with Crippen LogP contribution in [-0.2, 0) is 6.42 Å². The number of benzene rings is 1. The first kappa shape index (κ1) is 15.6. The molecule has 0 spiro atoms. The second kappa shape index (κ2) is 7.32. The van der Waals surface area contributed by atoms with E-state index in [1.54, 1.807) is 7.11 Å². The Morgan fingerprint density at radius 3 is 2.80 bits per heavy atom. The van der Waals surface area contributed by atoms with Crippen molar-refractivity contribution >= 4 is 15.9 Å². The topological polar surface area (TPSA) is 44.5 Å². The van der Waals surface area contributed by atoms with Crippen molar-refractivity contribution < 1.29 is 9.47 Å². The summed E-state index contributed by atoms with van der Waals surface area (Å²) in [5, 5.41) is 0. The maximum atomic E-state index is 6.21. The molecular weight excluding hydrogens is 318 g/mol. The number of hydrogen-bond acceptors (Lipinski definition) is 3. The molecule has 1 saturated carbocycles. The monoisotopic (exact) mass is 341 g/mol. The zero-order valence-corrected chi connectivity index (χ0v) is 13.9. The molecule has 1 aliphatic carbocycles. The average Bonchev–Trinajstić information content (AvgIpc) is 2.42. The van der Waals surface area contributed by atoms with Crippen molar-refractivity contribution in [3.63, 3.8) is 0 Å². The van der Waals surface area contributed by atoms with Crippen LogP contribution < -0.4 is 15.2 Å². The molecule has 0 heterocycles. The van der Waals surface area contributed by atoms with Gasteiger partial charge in [0.1, 0.15) is 0 Å². The molecule has 0 radical (unpaired) electrons. The molecule has 1 aromatic carbocycles. The summed E-state index contributed by atoms with van der Waals surface area (Å²) in [6.45, 7) is 2.93. The second-order valence-electron chi connectivity index (χ2n) is 5.66. The highest BCUT2D eigenvalue weighted by molar-refractivity contribution is 9.10. The summed E-state index contributed by atoms with van der Waals surface area (Å²) in [7, 11) is 1.68. The molecule has 3 nitrogen and oxygen atoms in total.